The standard InChI is InChI=1S/C12H12IN7O2S/c13-23-22-5-3-16-9-7(6-14)11-17-10(8-2-1-4-21-8)19-20(11)12(15)18-9/h1-2,4,6,14,16H,3,5H2,(H2,15,18). The highest BCUT2D eigenvalue weighted by atomic mass is 127. The molecule has 0 saturated carbocycles. The van der Waals surface area contributed by atoms with E-state index < -0.39 is 0 Å². The summed E-state index contributed by atoms with van der Waals surface area (Å²) in [5.41, 5.74) is 6.87. The van der Waals surface area contributed by atoms with Crippen molar-refractivity contribution in [2.75, 3.05) is 24.2 Å². The Kier molecular flexibility index (Phi) is 4.97. The molecule has 0 aliphatic heterocycles. The lowest BCUT2D eigenvalue weighted by molar-refractivity contribution is 0.399. The maximum atomic E-state index is 7.65. The summed E-state index contributed by atoms with van der Waals surface area (Å²) in [5.74, 6) is 1.53. The number of nitrogen functional groups attached to an aromatic ring is 1. The van der Waals surface area contributed by atoms with E-state index in [-0.39, 0.29) is 5.95 Å². The molecule has 11 heteroatoms. The van der Waals surface area contributed by atoms with Crippen molar-refractivity contribution in [2.45, 2.75) is 0 Å². The zero-order valence-electron chi connectivity index (χ0n) is 11.7. The predicted molar refractivity (Wildman–Crippen MR) is 96.8 cm³/mol. The molecule has 23 heavy (non-hydrogen) atoms. The van der Waals surface area contributed by atoms with Crippen LogP contribution in [0.4, 0.5) is 11.8 Å². The number of nitrogens with one attached hydrogen (secondary N) is 2. The zero-order valence-corrected chi connectivity index (χ0v) is 14.7. The molecule has 0 aromatic carbocycles. The number of fused-ring (bicyclic) bond motifs is 1. The first-order valence-corrected chi connectivity index (χ1v) is 9.77. The summed E-state index contributed by atoms with van der Waals surface area (Å²) in [5, 5.41) is 15.0. The first kappa shape index (κ1) is 16.0. The third-order valence-electron chi connectivity index (χ3n) is 2.95. The van der Waals surface area contributed by atoms with Gasteiger partial charge >= 0.3 is 0 Å². The van der Waals surface area contributed by atoms with Crippen LogP contribution >= 0.6 is 30.4 Å². The number of hydrogen-bond acceptors (Lipinski definition) is 9. The molecule has 3 rings (SSSR count). The van der Waals surface area contributed by atoms with E-state index in [1.54, 1.807) is 12.1 Å². The largest absolute Gasteiger partial charge is 0.461 e. The van der Waals surface area contributed by atoms with Crippen LogP contribution in [-0.4, -0.2) is 38.9 Å². The van der Waals surface area contributed by atoms with E-state index in [4.69, 9.17) is 19.7 Å². The van der Waals surface area contributed by atoms with Gasteiger partial charge in [-0.2, -0.15) is 9.50 Å². The molecule has 3 aromatic heterocycles. The molecule has 0 aliphatic rings. The van der Waals surface area contributed by atoms with Crippen LogP contribution < -0.4 is 11.1 Å². The molecule has 0 fully saturated rings. The fourth-order valence-corrected chi connectivity index (χ4v) is 2.68. The quantitative estimate of drug-likeness (QED) is 0.219. The Morgan fingerprint density at radius 1 is 1.52 bits per heavy atom. The van der Waals surface area contributed by atoms with Gasteiger partial charge in [0, 0.05) is 34.0 Å². The van der Waals surface area contributed by atoms with Crippen LogP contribution in [0.5, 0.6) is 0 Å². The van der Waals surface area contributed by atoms with E-state index in [1.165, 1.54) is 26.2 Å². The van der Waals surface area contributed by atoms with Crippen LogP contribution in [0.1, 0.15) is 5.56 Å². The van der Waals surface area contributed by atoms with Crippen LogP contribution in [0, 0.1) is 5.41 Å². The third kappa shape index (κ3) is 3.25. The summed E-state index contributed by atoms with van der Waals surface area (Å²) in [7, 11) is 1.26. The molecule has 0 spiro atoms. The maximum Gasteiger partial charge on any atom is 0.225 e. The van der Waals surface area contributed by atoms with Crippen LogP contribution in [0.2, 0.25) is 0 Å². The van der Waals surface area contributed by atoms with Gasteiger partial charge in [-0.05, 0) is 12.1 Å². The van der Waals surface area contributed by atoms with Gasteiger partial charge in [-0.15, -0.1) is 5.10 Å². The molecule has 0 aliphatic carbocycles. The summed E-state index contributed by atoms with van der Waals surface area (Å²) < 4.78 is 11.9. The molecule has 3 aromatic rings. The zero-order chi connectivity index (χ0) is 16.2. The van der Waals surface area contributed by atoms with Gasteiger partial charge in [0.2, 0.25) is 11.8 Å². The fraction of sp³-hybridized carbons (Fsp3) is 0.167. The summed E-state index contributed by atoms with van der Waals surface area (Å²) in [4.78, 5) is 8.65. The summed E-state index contributed by atoms with van der Waals surface area (Å²) in [6.07, 6.45) is 2.71. The maximum absolute atomic E-state index is 7.65. The molecule has 0 radical (unpaired) electrons. The van der Waals surface area contributed by atoms with Crippen LogP contribution in [0.3, 0.4) is 0 Å². The van der Waals surface area contributed by atoms with Gasteiger partial charge in [0.05, 0.1) is 27.6 Å². The molecule has 0 unspecified atom stereocenters. The minimum atomic E-state index is 0.169. The second-order valence-electron chi connectivity index (χ2n) is 4.34. The molecule has 0 atom stereocenters. The molecule has 120 valence electrons. The van der Waals surface area contributed by atoms with E-state index in [2.05, 4.69) is 20.4 Å². The smallest absolute Gasteiger partial charge is 0.225 e. The minimum Gasteiger partial charge on any atom is -0.461 e. The number of rotatable bonds is 7. The van der Waals surface area contributed by atoms with Crippen molar-refractivity contribution in [3.63, 3.8) is 0 Å². The molecule has 3 heterocycles. The van der Waals surface area contributed by atoms with Gasteiger partial charge in [-0.3, -0.25) is 0 Å². The Morgan fingerprint density at radius 2 is 2.39 bits per heavy atom. The van der Waals surface area contributed by atoms with Crippen LogP contribution in [-0.2, 0) is 4.18 Å². The van der Waals surface area contributed by atoms with E-state index in [0.717, 1.165) is 0 Å². The monoisotopic (exact) mass is 445 g/mol. The average molecular weight is 445 g/mol. The molecule has 0 amide bonds. The van der Waals surface area contributed by atoms with Crippen molar-refractivity contribution in [1.82, 2.24) is 19.6 Å². The normalized spacial score (nSPS) is 11.0. The van der Waals surface area contributed by atoms with Crippen molar-refractivity contribution in [2.24, 2.45) is 0 Å². The summed E-state index contributed by atoms with van der Waals surface area (Å²) in [6, 6.07) is 3.50. The first-order valence-electron chi connectivity index (χ1n) is 6.49. The second-order valence-corrected chi connectivity index (χ2v) is 5.78. The van der Waals surface area contributed by atoms with Gasteiger partial charge < -0.3 is 25.1 Å². The second kappa shape index (κ2) is 7.14. The van der Waals surface area contributed by atoms with Gasteiger partial charge in [-0.1, -0.05) is 0 Å². The highest BCUT2D eigenvalue weighted by molar-refractivity contribution is 14.2. The SMILES string of the molecule is N=Cc1c(NCCOSI)nc(N)n2nc(-c3ccco3)nc12. The number of nitrogens with two attached hydrogens (primary N) is 1. The first-order chi connectivity index (χ1) is 11.2. The average Bonchev–Trinajstić information content (AvgIpc) is 3.20. The van der Waals surface area contributed by atoms with E-state index >= 15 is 0 Å². The molecular weight excluding hydrogens is 433 g/mol. The van der Waals surface area contributed by atoms with Crippen LogP contribution in [0.25, 0.3) is 17.2 Å². The fourth-order valence-electron chi connectivity index (χ4n) is 1.99. The highest BCUT2D eigenvalue weighted by Gasteiger charge is 2.17. The number of anilines is 2. The van der Waals surface area contributed by atoms with Crippen molar-refractivity contribution in [1.29, 1.82) is 5.41 Å². The number of aromatic nitrogens is 4. The van der Waals surface area contributed by atoms with Crippen molar-refractivity contribution >= 4 is 54.0 Å². The number of halogens is 1. The number of hydrogen-bond donors (Lipinski definition) is 3. The Hall–Kier alpha value is -1.86. The van der Waals surface area contributed by atoms with Crippen LogP contribution in [0.15, 0.2) is 22.8 Å². The van der Waals surface area contributed by atoms with Crippen molar-refractivity contribution in [3.05, 3.63) is 24.0 Å². The lowest BCUT2D eigenvalue weighted by Crippen LogP contribution is -2.14. The number of nitrogens with zero attached hydrogens (tertiary/aromatic N) is 4. The highest BCUT2D eigenvalue weighted by Crippen LogP contribution is 2.23. The van der Waals surface area contributed by atoms with Gasteiger partial charge in [0.15, 0.2) is 11.4 Å². The Labute approximate surface area is 147 Å². The lowest BCUT2D eigenvalue weighted by Gasteiger charge is -2.09. The van der Waals surface area contributed by atoms with Gasteiger partial charge in [-0.25, -0.2) is 4.98 Å². The van der Waals surface area contributed by atoms with Crippen molar-refractivity contribution < 1.29 is 8.60 Å². The Balaban J connectivity index is 2.00. The molecule has 4 N–H and O–H groups in total. The van der Waals surface area contributed by atoms with Crippen molar-refractivity contribution in [3.8, 4) is 11.6 Å². The van der Waals surface area contributed by atoms with E-state index in [1.807, 2.05) is 21.2 Å². The molecule has 0 bridgehead atoms. The molecule has 9 nitrogen and oxygen atoms in total. The number of furan rings is 1. The minimum absolute atomic E-state index is 0.169. The topological polar surface area (TPSA) is 127 Å². The Morgan fingerprint density at radius 3 is 3.09 bits per heavy atom. The van der Waals surface area contributed by atoms with E-state index in [0.29, 0.717) is 41.8 Å². The van der Waals surface area contributed by atoms with Gasteiger partial charge in [0.25, 0.3) is 0 Å². The predicted octanol–water partition coefficient (Wildman–Crippen LogP) is 2.39. The Bertz CT molecular complexity index is 821. The molecular formula is C12H12IN7O2S. The van der Waals surface area contributed by atoms with E-state index in [9.17, 15) is 0 Å². The summed E-state index contributed by atoms with van der Waals surface area (Å²) in [6.45, 7) is 1.01. The lowest BCUT2D eigenvalue weighted by atomic mass is 10.3. The van der Waals surface area contributed by atoms with Gasteiger partial charge in [0.1, 0.15) is 5.82 Å². The molecule has 0 saturated heterocycles. The summed E-state index contributed by atoms with van der Waals surface area (Å²) >= 11 is 2.04. The third-order valence-corrected chi connectivity index (χ3v) is 3.97.